The maximum Gasteiger partial charge on any atom is 0.269 e. The SMILES string of the molecule is CC(=O)c1cc2c3c(c1)[C@H]1C=CC[C@H]1[C@@H](c1cccc([N+](=O)[O-])c1)N3C[C@@H]1CC=C[C@H]21. The number of nitro groups is 1. The first kappa shape index (κ1) is 18.6. The normalized spacial score (nSPS) is 29.5. The van der Waals surface area contributed by atoms with Gasteiger partial charge in [-0.2, -0.15) is 0 Å². The van der Waals surface area contributed by atoms with Crippen LogP contribution < -0.4 is 4.90 Å². The summed E-state index contributed by atoms with van der Waals surface area (Å²) in [6.07, 6.45) is 11.1. The summed E-state index contributed by atoms with van der Waals surface area (Å²) in [5, 5.41) is 11.5. The maximum absolute atomic E-state index is 12.4. The minimum atomic E-state index is -0.303. The molecule has 31 heavy (non-hydrogen) atoms. The minimum absolute atomic E-state index is 0.0934. The van der Waals surface area contributed by atoms with Gasteiger partial charge in [-0.05, 0) is 60.4 Å². The van der Waals surface area contributed by atoms with E-state index in [0.717, 1.165) is 30.5 Å². The van der Waals surface area contributed by atoms with Crippen molar-refractivity contribution in [2.75, 3.05) is 11.4 Å². The van der Waals surface area contributed by atoms with Gasteiger partial charge >= 0.3 is 0 Å². The number of nitro benzene ring substituents is 1. The van der Waals surface area contributed by atoms with Crippen LogP contribution in [0.2, 0.25) is 0 Å². The number of allylic oxidation sites excluding steroid dienone is 4. The average molecular weight is 412 g/mol. The maximum atomic E-state index is 12.4. The second-order valence-corrected chi connectivity index (χ2v) is 9.31. The highest BCUT2D eigenvalue weighted by molar-refractivity contribution is 5.96. The van der Waals surface area contributed by atoms with Crippen LogP contribution in [0.1, 0.15) is 64.7 Å². The number of Topliss-reactive ketones (excluding diaryl/α,β-unsaturated/α-hetero) is 1. The van der Waals surface area contributed by atoms with E-state index in [-0.39, 0.29) is 28.4 Å². The molecule has 0 N–H and O–H groups in total. The lowest BCUT2D eigenvalue weighted by Crippen LogP contribution is -2.46. The van der Waals surface area contributed by atoms with E-state index in [1.165, 1.54) is 16.8 Å². The van der Waals surface area contributed by atoms with Gasteiger partial charge in [-0.3, -0.25) is 14.9 Å². The van der Waals surface area contributed by atoms with Gasteiger partial charge in [-0.1, -0.05) is 36.4 Å². The molecule has 2 aliphatic heterocycles. The number of non-ortho nitro benzene ring substituents is 1. The van der Waals surface area contributed by atoms with Gasteiger partial charge in [0.25, 0.3) is 5.69 Å². The molecule has 2 aliphatic carbocycles. The fourth-order valence-electron chi connectivity index (χ4n) is 6.38. The van der Waals surface area contributed by atoms with Crippen LogP contribution in [0.5, 0.6) is 0 Å². The summed E-state index contributed by atoms with van der Waals surface area (Å²) in [5.74, 6) is 1.48. The predicted octanol–water partition coefficient (Wildman–Crippen LogP) is 5.69. The summed E-state index contributed by atoms with van der Waals surface area (Å²) in [6.45, 7) is 2.58. The highest BCUT2D eigenvalue weighted by Gasteiger charge is 2.48. The Hall–Kier alpha value is -3.21. The molecule has 156 valence electrons. The van der Waals surface area contributed by atoms with Crippen LogP contribution in [0.4, 0.5) is 11.4 Å². The van der Waals surface area contributed by atoms with Crippen molar-refractivity contribution < 1.29 is 9.72 Å². The van der Waals surface area contributed by atoms with E-state index >= 15 is 0 Å². The molecule has 0 fully saturated rings. The van der Waals surface area contributed by atoms with Crippen molar-refractivity contribution in [2.24, 2.45) is 11.8 Å². The van der Waals surface area contributed by atoms with E-state index in [1.54, 1.807) is 19.1 Å². The van der Waals surface area contributed by atoms with E-state index < -0.39 is 0 Å². The Labute approximate surface area is 181 Å². The largest absolute Gasteiger partial charge is 0.363 e. The molecule has 4 aliphatic rings. The molecule has 0 saturated carbocycles. The number of rotatable bonds is 3. The molecule has 2 heterocycles. The second-order valence-electron chi connectivity index (χ2n) is 9.31. The van der Waals surface area contributed by atoms with Crippen molar-refractivity contribution in [1.82, 2.24) is 0 Å². The Morgan fingerprint density at radius 2 is 1.81 bits per heavy atom. The minimum Gasteiger partial charge on any atom is -0.363 e. The first-order valence-electron chi connectivity index (χ1n) is 11.1. The molecule has 0 saturated heterocycles. The first-order chi connectivity index (χ1) is 15.0. The van der Waals surface area contributed by atoms with E-state index in [9.17, 15) is 14.9 Å². The zero-order valence-corrected chi connectivity index (χ0v) is 17.4. The smallest absolute Gasteiger partial charge is 0.269 e. The Morgan fingerprint density at radius 3 is 2.58 bits per heavy atom. The van der Waals surface area contributed by atoms with Gasteiger partial charge in [-0.15, -0.1) is 0 Å². The van der Waals surface area contributed by atoms with E-state index in [1.807, 2.05) is 12.1 Å². The fraction of sp³-hybridized carbons (Fsp3) is 0.346. The standard InChI is InChI=1S/C26H24N2O3/c1-15(29)18-12-23-20-8-3-6-17(20)14-27-25(16-5-2-7-19(11-16)28(30)31)22-10-4-9-21(22)24(13-18)26(23)27/h2-5,7-9,11-13,17,20-22,25H,6,10,14H2,1H3/t17-,20-,21-,22+,25+/m0/s1. The molecule has 2 aromatic rings. The lowest BCUT2D eigenvalue weighted by atomic mass is 9.70. The molecule has 0 amide bonds. The number of hydrogen-bond donors (Lipinski definition) is 0. The van der Waals surface area contributed by atoms with Crippen molar-refractivity contribution in [1.29, 1.82) is 0 Å². The van der Waals surface area contributed by atoms with Crippen LogP contribution in [-0.4, -0.2) is 17.3 Å². The zero-order chi connectivity index (χ0) is 21.3. The molecule has 2 aromatic carbocycles. The topological polar surface area (TPSA) is 63.4 Å². The summed E-state index contributed by atoms with van der Waals surface area (Å²) in [7, 11) is 0. The molecule has 0 aromatic heterocycles. The van der Waals surface area contributed by atoms with Gasteiger partial charge in [0.2, 0.25) is 0 Å². The highest BCUT2D eigenvalue weighted by Crippen LogP contribution is 2.59. The molecule has 0 radical (unpaired) electrons. The number of fused-ring (bicyclic) bond motifs is 4. The van der Waals surface area contributed by atoms with Crippen molar-refractivity contribution in [3.63, 3.8) is 0 Å². The fourth-order valence-corrected chi connectivity index (χ4v) is 6.38. The molecule has 5 heteroatoms. The third kappa shape index (κ3) is 2.65. The highest BCUT2D eigenvalue weighted by atomic mass is 16.6. The van der Waals surface area contributed by atoms with Gasteiger partial charge in [0.15, 0.2) is 5.78 Å². The number of nitrogens with zero attached hydrogens (tertiary/aromatic N) is 2. The number of ketones is 1. The monoisotopic (exact) mass is 412 g/mol. The second kappa shape index (κ2) is 6.64. The summed E-state index contributed by atoms with van der Waals surface area (Å²) in [5.41, 5.74) is 5.72. The quantitative estimate of drug-likeness (QED) is 0.281. The molecule has 0 bridgehead atoms. The summed E-state index contributed by atoms with van der Waals surface area (Å²) in [4.78, 5) is 26.0. The van der Waals surface area contributed by atoms with Gasteiger partial charge < -0.3 is 4.90 Å². The Balaban J connectivity index is 1.58. The van der Waals surface area contributed by atoms with Crippen molar-refractivity contribution in [2.45, 2.75) is 37.6 Å². The Kier molecular flexibility index (Phi) is 3.98. The molecular weight excluding hydrogens is 388 g/mol. The number of hydrogen-bond acceptors (Lipinski definition) is 4. The van der Waals surface area contributed by atoms with Crippen molar-refractivity contribution in [3.8, 4) is 0 Å². The van der Waals surface area contributed by atoms with Crippen LogP contribution in [-0.2, 0) is 0 Å². The molecule has 5 nitrogen and oxygen atoms in total. The Bertz CT molecular complexity index is 1160. The third-order valence-corrected chi connectivity index (χ3v) is 7.68. The third-order valence-electron chi connectivity index (χ3n) is 7.68. The first-order valence-corrected chi connectivity index (χ1v) is 11.1. The summed E-state index contributed by atoms with van der Waals surface area (Å²) >= 11 is 0. The average Bonchev–Trinajstić information content (AvgIpc) is 3.43. The van der Waals surface area contributed by atoms with Crippen LogP contribution in [0.3, 0.4) is 0 Å². The van der Waals surface area contributed by atoms with Crippen LogP contribution in [0, 0.1) is 22.0 Å². The lowest BCUT2D eigenvalue weighted by Gasteiger charge is -2.51. The predicted molar refractivity (Wildman–Crippen MR) is 120 cm³/mol. The molecular formula is C26H24N2O3. The van der Waals surface area contributed by atoms with E-state index in [4.69, 9.17) is 0 Å². The molecule has 5 atom stereocenters. The van der Waals surface area contributed by atoms with E-state index in [0.29, 0.717) is 17.8 Å². The van der Waals surface area contributed by atoms with E-state index in [2.05, 4.69) is 41.3 Å². The van der Waals surface area contributed by atoms with Gasteiger partial charge in [0.05, 0.1) is 11.0 Å². The van der Waals surface area contributed by atoms with Crippen molar-refractivity contribution >= 4 is 17.2 Å². The number of anilines is 1. The number of carbonyl (C=O) groups excluding carboxylic acids is 1. The molecule has 0 unspecified atom stereocenters. The van der Waals surface area contributed by atoms with Crippen molar-refractivity contribution in [3.05, 3.63) is 93.1 Å². The van der Waals surface area contributed by atoms with Crippen LogP contribution >= 0.6 is 0 Å². The van der Waals surface area contributed by atoms with Gasteiger partial charge in [0.1, 0.15) is 0 Å². The number of benzene rings is 2. The summed E-state index contributed by atoms with van der Waals surface area (Å²) in [6, 6.07) is 11.5. The van der Waals surface area contributed by atoms with Gasteiger partial charge in [0, 0.05) is 41.8 Å². The van der Waals surface area contributed by atoms with Crippen LogP contribution in [0.15, 0.2) is 60.7 Å². The molecule has 6 rings (SSSR count). The Morgan fingerprint density at radius 1 is 1.06 bits per heavy atom. The number of carbonyl (C=O) groups is 1. The van der Waals surface area contributed by atoms with Crippen LogP contribution in [0.25, 0.3) is 0 Å². The van der Waals surface area contributed by atoms with Gasteiger partial charge in [-0.25, -0.2) is 0 Å². The molecule has 0 spiro atoms. The zero-order valence-electron chi connectivity index (χ0n) is 17.4. The lowest BCUT2D eigenvalue weighted by molar-refractivity contribution is -0.384. The summed E-state index contributed by atoms with van der Waals surface area (Å²) < 4.78 is 0.